The molecular weight excluding hydrogens is 338 g/mol. The van der Waals surface area contributed by atoms with E-state index in [0.717, 1.165) is 64.0 Å². The van der Waals surface area contributed by atoms with Crippen molar-refractivity contribution in [3.8, 4) is 5.75 Å². The zero-order chi connectivity index (χ0) is 18.5. The highest BCUT2D eigenvalue weighted by Gasteiger charge is 2.31. The summed E-state index contributed by atoms with van der Waals surface area (Å²) in [6, 6.07) is 4.51. The Labute approximate surface area is 163 Å². The van der Waals surface area contributed by atoms with Crippen LogP contribution in [-0.4, -0.2) is 59.0 Å². The molecule has 5 nitrogen and oxygen atoms in total. The molecule has 0 N–H and O–H groups in total. The molecule has 27 heavy (non-hydrogen) atoms. The molecule has 2 aliphatic heterocycles. The molecule has 0 atom stereocenters. The normalized spacial score (nSPS) is 23.6. The summed E-state index contributed by atoms with van der Waals surface area (Å²) >= 11 is 0. The summed E-state index contributed by atoms with van der Waals surface area (Å²) < 4.78 is 6.08. The number of carbonyl (C=O) groups is 1. The Morgan fingerprint density at radius 3 is 2.30 bits per heavy atom. The van der Waals surface area contributed by atoms with E-state index in [1.807, 2.05) is 12.1 Å². The van der Waals surface area contributed by atoms with Gasteiger partial charge in [-0.2, -0.15) is 0 Å². The predicted octanol–water partition coefficient (Wildman–Crippen LogP) is 3.50. The number of aromatic nitrogens is 1. The molecule has 1 aromatic heterocycles. The van der Waals surface area contributed by atoms with Crippen LogP contribution in [0.4, 0.5) is 0 Å². The molecule has 0 spiro atoms. The van der Waals surface area contributed by atoms with Crippen molar-refractivity contribution in [2.45, 2.75) is 69.9 Å². The van der Waals surface area contributed by atoms with E-state index in [4.69, 9.17) is 4.74 Å². The number of carbonyl (C=O) groups excluding carboxylic acids is 1. The predicted molar refractivity (Wildman–Crippen MR) is 106 cm³/mol. The maximum atomic E-state index is 12.5. The van der Waals surface area contributed by atoms with Gasteiger partial charge in [0.2, 0.25) is 5.91 Å². The van der Waals surface area contributed by atoms with Crippen molar-refractivity contribution >= 4 is 5.91 Å². The number of nitrogens with zero attached hydrogens (tertiary/aromatic N) is 3. The summed E-state index contributed by atoms with van der Waals surface area (Å²) in [5.41, 5.74) is 0. The van der Waals surface area contributed by atoms with Gasteiger partial charge in [-0.3, -0.25) is 14.7 Å². The summed E-state index contributed by atoms with van der Waals surface area (Å²) in [5, 5.41) is 0. The number of ether oxygens (including phenoxy) is 1. The van der Waals surface area contributed by atoms with Gasteiger partial charge in [0.15, 0.2) is 0 Å². The van der Waals surface area contributed by atoms with Crippen LogP contribution < -0.4 is 4.74 Å². The zero-order valence-electron chi connectivity index (χ0n) is 16.4. The Hall–Kier alpha value is -1.62. The number of hydrogen-bond acceptors (Lipinski definition) is 4. The molecule has 0 bridgehead atoms. The summed E-state index contributed by atoms with van der Waals surface area (Å²) in [6.07, 6.45) is 14.3. The highest BCUT2D eigenvalue weighted by Crippen LogP contribution is 2.29. The first-order chi connectivity index (χ1) is 13.3. The molecule has 3 aliphatic rings. The molecule has 1 amide bonds. The van der Waals surface area contributed by atoms with Gasteiger partial charge in [-0.05, 0) is 56.6 Å². The smallest absolute Gasteiger partial charge is 0.222 e. The highest BCUT2D eigenvalue weighted by molar-refractivity contribution is 5.76. The molecule has 148 valence electrons. The van der Waals surface area contributed by atoms with E-state index in [-0.39, 0.29) is 0 Å². The monoisotopic (exact) mass is 371 g/mol. The standard InChI is InChI=1S/C22H33N3O2/c26-22(17-18-3-1-2-4-18)25-13-7-19(8-14-25)24-15-9-21(10-16-24)27-20-5-11-23-12-6-20/h5-6,11-12,18-19,21H,1-4,7-10,13-17H2. The lowest BCUT2D eigenvalue weighted by Crippen LogP contribution is -2.50. The fraction of sp³-hybridized carbons (Fsp3) is 0.727. The second-order valence-electron chi connectivity index (χ2n) is 8.50. The molecule has 0 radical (unpaired) electrons. The summed E-state index contributed by atoms with van der Waals surface area (Å²) in [4.78, 5) is 21.4. The minimum atomic E-state index is 0.316. The first kappa shape index (κ1) is 18.7. The van der Waals surface area contributed by atoms with Gasteiger partial charge < -0.3 is 9.64 Å². The van der Waals surface area contributed by atoms with Crippen molar-refractivity contribution in [1.29, 1.82) is 0 Å². The van der Waals surface area contributed by atoms with Gasteiger partial charge in [0.1, 0.15) is 11.9 Å². The zero-order valence-corrected chi connectivity index (χ0v) is 16.4. The second kappa shape index (κ2) is 9.05. The molecule has 0 aromatic carbocycles. The van der Waals surface area contributed by atoms with E-state index < -0.39 is 0 Å². The average Bonchev–Trinajstić information content (AvgIpc) is 3.22. The highest BCUT2D eigenvalue weighted by atomic mass is 16.5. The molecule has 1 aromatic rings. The van der Waals surface area contributed by atoms with Gasteiger partial charge in [0.25, 0.3) is 0 Å². The van der Waals surface area contributed by atoms with Crippen LogP contribution in [0.2, 0.25) is 0 Å². The molecule has 0 unspecified atom stereocenters. The second-order valence-corrected chi connectivity index (χ2v) is 8.50. The third-order valence-electron chi connectivity index (χ3n) is 6.70. The first-order valence-electron chi connectivity index (χ1n) is 10.9. The maximum absolute atomic E-state index is 12.5. The fourth-order valence-corrected chi connectivity index (χ4v) is 5.04. The van der Waals surface area contributed by atoms with E-state index in [2.05, 4.69) is 14.8 Å². The lowest BCUT2D eigenvalue weighted by atomic mass is 9.97. The van der Waals surface area contributed by atoms with Crippen LogP contribution in [0.15, 0.2) is 24.5 Å². The quantitative estimate of drug-likeness (QED) is 0.795. The van der Waals surface area contributed by atoms with Crippen LogP contribution in [0.3, 0.4) is 0 Å². The molecule has 4 rings (SSSR count). The van der Waals surface area contributed by atoms with Crippen LogP contribution in [0.25, 0.3) is 0 Å². The molecule has 3 fully saturated rings. The number of piperidine rings is 2. The van der Waals surface area contributed by atoms with E-state index in [1.54, 1.807) is 12.4 Å². The van der Waals surface area contributed by atoms with Crippen molar-refractivity contribution in [2.75, 3.05) is 26.2 Å². The van der Waals surface area contributed by atoms with Gasteiger partial charge in [-0.25, -0.2) is 0 Å². The summed E-state index contributed by atoms with van der Waals surface area (Å²) in [6.45, 7) is 4.11. The van der Waals surface area contributed by atoms with E-state index in [9.17, 15) is 4.79 Å². The van der Waals surface area contributed by atoms with Crippen LogP contribution >= 0.6 is 0 Å². The van der Waals surface area contributed by atoms with Crippen molar-refractivity contribution < 1.29 is 9.53 Å². The van der Waals surface area contributed by atoms with Crippen molar-refractivity contribution in [1.82, 2.24) is 14.8 Å². The average molecular weight is 372 g/mol. The van der Waals surface area contributed by atoms with Crippen molar-refractivity contribution in [3.05, 3.63) is 24.5 Å². The minimum Gasteiger partial charge on any atom is -0.490 e. The van der Waals surface area contributed by atoms with E-state index >= 15 is 0 Å². The van der Waals surface area contributed by atoms with Gasteiger partial charge in [-0.15, -0.1) is 0 Å². The lowest BCUT2D eigenvalue weighted by molar-refractivity contribution is -0.133. The number of amides is 1. The van der Waals surface area contributed by atoms with Crippen molar-refractivity contribution in [2.24, 2.45) is 5.92 Å². The molecule has 5 heteroatoms. The summed E-state index contributed by atoms with van der Waals surface area (Å²) in [7, 11) is 0. The van der Waals surface area contributed by atoms with Gasteiger partial charge in [0, 0.05) is 51.0 Å². The Balaban J connectivity index is 1.17. The molecule has 2 saturated heterocycles. The fourth-order valence-electron chi connectivity index (χ4n) is 5.04. The number of hydrogen-bond donors (Lipinski definition) is 0. The molecular formula is C22H33N3O2. The van der Waals surface area contributed by atoms with Crippen molar-refractivity contribution in [3.63, 3.8) is 0 Å². The Bertz CT molecular complexity index is 587. The van der Waals surface area contributed by atoms with E-state index in [0.29, 0.717) is 24.0 Å². The third kappa shape index (κ3) is 5.01. The topological polar surface area (TPSA) is 45.7 Å². The minimum absolute atomic E-state index is 0.316. The van der Waals surface area contributed by atoms with Gasteiger partial charge in [-0.1, -0.05) is 12.8 Å². The maximum Gasteiger partial charge on any atom is 0.222 e. The summed E-state index contributed by atoms with van der Waals surface area (Å²) in [5.74, 6) is 2.00. The van der Waals surface area contributed by atoms with E-state index in [1.165, 1.54) is 25.7 Å². The van der Waals surface area contributed by atoms with Crippen LogP contribution in [0.1, 0.15) is 57.8 Å². The first-order valence-corrected chi connectivity index (χ1v) is 10.9. The van der Waals surface area contributed by atoms with Gasteiger partial charge >= 0.3 is 0 Å². The Morgan fingerprint density at radius 1 is 0.963 bits per heavy atom. The largest absolute Gasteiger partial charge is 0.490 e. The van der Waals surface area contributed by atoms with Crippen LogP contribution in [0, 0.1) is 5.92 Å². The number of likely N-dealkylation sites (tertiary alicyclic amines) is 2. The molecule has 1 aliphatic carbocycles. The lowest BCUT2D eigenvalue weighted by Gasteiger charge is -2.41. The third-order valence-corrected chi connectivity index (χ3v) is 6.70. The number of pyridine rings is 1. The van der Waals surface area contributed by atoms with Gasteiger partial charge in [0.05, 0.1) is 0 Å². The number of rotatable bonds is 5. The Morgan fingerprint density at radius 2 is 1.63 bits per heavy atom. The van der Waals surface area contributed by atoms with Crippen LogP contribution in [-0.2, 0) is 4.79 Å². The Kier molecular flexibility index (Phi) is 6.28. The van der Waals surface area contributed by atoms with Crippen LogP contribution in [0.5, 0.6) is 5.75 Å². The molecule has 1 saturated carbocycles. The molecule has 3 heterocycles. The SMILES string of the molecule is O=C(CC1CCCC1)N1CCC(N2CCC(Oc3ccncc3)CC2)CC1.